The smallest absolute Gasteiger partial charge is 0.314 e. The number of rotatable bonds is 5. The van der Waals surface area contributed by atoms with Crippen LogP contribution in [0.4, 0.5) is 17.6 Å². The second kappa shape index (κ2) is 7.24. The highest BCUT2D eigenvalue weighted by Crippen LogP contribution is 2.38. The van der Waals surface area contributed by atoms with Gasteiger partial charge in [-0.2, -0.15) is 13.2 Å². The van der Waals surface area contributed by atoms with E-state index in [-0.39, 0.29) is 11.6 Å². The lowest BCUT2D eigenvalue weighted by Gasteiger charge is -2.36. The van der Waals surface area contributed by atoms with E-state index in [2.05, 4.69) is 11.9 Å². The zero-order valence-corrected chi connectivity index (χ0v) is 12.3. The van der Waals surface area contributed by atoms with Gasteiger partial charge in [0.15, 0.2) is 0 Å². The molecule has 1 aliphatic rings. The first-order chi connectivity index (χ1) is 10.4. The van der Waals surface area contributed by atoms with Gasteiger partial charge in [0.2, 0.25) is 0 Å². The number of hydrogen-bond donors (Lipinski definition) is 1. The van der Waals surface area contributed by atoms with Crippen LogP contribution in [0.1, 0.15) is 30.0 Å². The van der Waals surface area contributed by atoms with Gasteiger partial charge in [0.05, 0.1) is 5.56 Å². The van der Waals surface area contributed by atoms with Gasteiger partial charge in [0.1, 0.15) is 5.82 Å². The molecule has 0 bridgehead atoms. The molecule has 0 spiro atoms. The number of piperazine rings is 1. The van der Waals surface area contributed by atoms with Crippen LogP contribution in [0.25, 0.3) is 0 Å². The monoisotopic (exact) mass is 316 g/mol. The van der Waals surface area contributed by atoms with Crippen LogP contribution in [0.3, 0.4) is 0 Å². The van der Waals surface area contributed by atoms with E-state index in [0.29, 0.717) is 32.0 Å². The van der Waals surface area contributed by atoms with Crippen molar-refractivity contribution in [2.24, 2.45) is 0 Å². The summed E-state index contributed by atoms with van der Waals surface area (Å²) in [7, 11) is 0. The van der Waals surface area contributed by atoms with Crippen LogP contribution < -0.4 is 5.32 Å². The maximum Gasteiger partial charge on any atom is 0.416 e. The fraction of sp³-hybridized carbons (Fsp3) is 0.500. The molecular formula is C16H20F4N2. The fourth-order valence-electron chi connectivity index (χ4n) is 2.87. The van der Waals surface area contributed by atoms with Crippen LogP contribution in [-0.4, -0.2) is 31.1 Å². The van der Waals surface area contributed by atoms with Crippen LogP contribution >= 0.6 is 0 Å². The summed E-state index contributed by atoms with van der Waals surface area (Å²) in [6.07, 6.45) is -1.70. The number of benzene rings is 1. The highest BCUT2D eigenvalue weighted by atomic mass is 19.4. The maximum atomic E-state index is 13.3. The minimum atomic E-state index is -4.56. The summed E-state index contributed by atoms with van der Waals surface area (Å²) in [4.78, 5) is 2.03. The standard InChI is InChI=1S/C16H20F4N2/c1-2-3-4-15(22-9-7-21-8-10-22)13-6-5-12(17)11-14(13)16(18,19)20/h2,5-6,11,15,21H,1,3-4,7-10H2/t15-/m0/s1. The summed E-state index contributed by atoms with van der Waals surface area (Å²) in [5, 5.41) is 3.19. The Morgan fingerprint density at radius 2 is 1.95 bits per heavy atom. The Morgan fingerprint density at radius 1 is 1.27 bits per heavy atom. The molecule has 0 aliphatic carbocycles. The van der Waals surface area contributed by atoms with Gasteiger partial charge in [0.25, 0.3) is 0 Å². The van der Waals surface area contributed by atoms with Crippen LogP contribution in [-0.2, 0) is 6.18 Å². The lowest BCUT2D eigenvalue weighted by Crippen LogP contribution is -2.45. The average Bonchev–Trinajstić information content (AvgIpc) is 2.49. The lowest BCUT2D eigenvalue weighted by molar-refractivity contribution is -0.139. The van der Waals surface area contributed by atoms with Crippen molar-refractivity contribution in [3.8, 4) is 0 Å². The molecule has 1 heterocycles. The quantitative estimate of drug-likeness (QED) is 0.657. The van der Waals surface area contributed by atoms with Crippen LogP contribution in [0.5, 0.6) is 0 Å². The van der Waals surface area contributed by atoms with Crippen LogP contribution in [0, 0.1) is 5.82 Å². The summed E-state index contributed by atoms with van der Waals surface area (Å²) in [6, 6.07) is 2.59. The molecule has 0 unspecified atom stereocenters. The van der Waals surface area contributed by atoms with E-state index in [0.717, 1.165) is 19.2 Å². The molecule has 0 radical (unpaired) electrons. The molecule has 122 valence electrons. The molecule has 2 nitrogen and oxygen atoms in total. The van der Waals surface area contributed by atoms with Gasteiger partial charge in [-0.1, -0.05) is 12.1 Å². The van der Waals surface area contributed by atoms with E-state index in [1.807, 2.05) is 4.90 Å². The first-order valence-electron chi connectivity index (χ1n) is 7.36. The van der Waals surface area contributed by atoms with E-state index in [9.17, 15) is 17.6 Å². The van der Waals surface area contributed by atoms with Crippen molar-refractivity contribution in [3.63, 3.8) is 0 Å². The topological polar surface area (TPSA) is 15.3 Å². The molecule has 1 fully saturated rings. The van der Waals surface area contributed by atoms with E-state index in [1.165, 1.54) is 6.07 Å². The zero-order chi connectivity index (χ0) is 16.2. The maximum absolute atomic E-state index is 13.3. The summed E-state index contributed by atoms with van der Waals surface area (Å²) >= 11 is 0. The molecule has 1 aromatic rings. The third-order valence-electron chi connectivity index (χ3n) is 3.92. The van der Waals surface area contributed by atoms with E-state index < -0.39 is 17.6 Å². The summed E-state index contributed by atoms with van der Waals surface area (Å²) in [5.41, 5.74) is -0.724. The predicted molar refractivity (Wildman–Crippen MR) is 78.0 cm³/mol. The molecule has 6 heteroatoms. The summed E-state index contributed by atoms with van der Waals surface area (Å²) < 4.78 is 53.1. The molecular weight excluding hydrogens is 296 g/mol. The van der Waals surface area contributed by atoms with Crippen molar-refractivity contribution in [1.82, 2.24) is 10.2 Å². The van der Waals surface area contributed by atoms with Crippen molar-refractivity contribution in [2.75, 3.05) is 26.2 Å². The summed E-state index contributed by atoms with van der Waals surface area (Å²) in [6.45, 7) is 6.48. The van der Waals surface area contributed by atoms with Crippen molar-refractivity contribution >= 4 is 0 Å². The van der Waals surface area contributed by atoms with Crippen molar-refractivity contribution in [1.29, 1.82) is 0 Å². The van der Waals surface area contributed by atoms with E-state index in [4.69, 9.17) is 0 Å². The van der Waals surface area contributed by atoms with Gasteiger partial charge in [0, 0.05) is 32.2 Å². The minimum Gasteiger partial charge on any atom is -0.314 e. The first-order valence-corrected chi connectivity index (χ1v) is 7.36. The molecule has 1 aromatic carbocycles. The van der Waals surface area contributed by atoms with Gasteiger partial charge in [-0.3, -0.25) is 4.90 Å². The number of alkyl halides is 3. The molecule has 0 amide bonds. The molecule has 0 aromatic heterocycles. The normalized spacial score (nSPS) is 18.2. The number of nitrogens with one attached hydrogen (secondary N) is 1. The zero-order valence-electron chi connectivity index (χ0n) is 12.3. The third-order valence-corrected chi connectivity index (χ3v) is 3.92. The predicted octanol–water partition coefficient (Wildman–Crippen LogP) is 3.76. The lowest BCUT2D eigenvalue weighted by atomic mass is 9.94. The Balaban J connectivity index is 2.39. The Labute approximate surface area is 127 Å². The number of nitrogens with zero attached hydrogens (tertiary/aromatic N) is 1. The SMILES string of the molecule is C=CCC[C@@H](c1ccc(F)cc1C(F)(F)F)N1CCNCC1. The molecule has 1 aliphatic heterocycles. The Hall–Kier alpha value is -1.40. The van der Waals surface area contributed by atoms with Gasteiger partial charge < -0.3 is 5.32 Å². The Morgan fingerprint density at radius 3 is 2.55 bits per heavy atom. The van der Waals surface area contributed by atoms with E-state index >= 15 is 0 Å². The molecule has 22 heavy (non-hydrogen) atoms. The van der Waals surface area contributed by atoms with E-state index in [1.54, 1.807) is 6.08 Å². The highest BCUT2D eigenvalue weighted by Gasteiger charge is 2.37. The second-order valence-electron chi connectivity index (χ2n) is 5.40. The van der Waals surface area contributed by atoms with Crippen LogP contribution in [0.15, 0.2) is 30.9 Å². The summed E-state index contributed by atoms with van der Waals surface area (Å²) in [5.74, 6) is -0.862. The van der Waals surface area contributed by atoms with Gasteiger partial charge >= 0.3 is 6.18 Å². The van der Waals surface area contributed by atoms with Crippen molar-refractivity contribution < 1.29 is 17.6 Å². The Kier molecular flexibility index (Phi) is 5.58. The number of hydrogen-bond acceptors (Lipinski definition) is 2. The highest BCUT2D eigenvalue weighted by molar-refractivity contribution is 5.33. The van der Waals surface area contributed by atoms with Crippen molar-refractivity contribution in [3.05, 3.63) is 47.8 Å². The second-order valence-corrected chi connectivity index (χ2v) is 5.40. The van der Waals surface area contributed by atoms with Gasteiger partial charge in [-0.05, 0) is 30.5 Å². The molecule has 1 saturated heterocycles. The largest absolute Gasteiger partial charge is 0.416 e. The minimum absolute atomic E-state index is 0.151. The number of allylic oxidation sites excluding steroid dienone is 1. The van der Waals surface area contributed by atoms with Gasteiger partial charge in [-0.15, -0.1) is 6.58 Å². The van der Waals surface area contributed by atoms with Gasteiger partial charge in [-0.25, -0.2) is 4.39 Å². The third kappa shape index (κ3) is 4.08. The molecule has 0 saturated carbocycles. The Bertz CT molecular complexity index is 507. The van der Waals surface area contributed by atoms with Crippen molar-refractivity contribution in [2.45, 2.75) is 25.1 Å². The molecule has 1 N–H and O–H groups in total. The molecule has 2 rings (SSSR count). The molecule has 1 atom stereocenters. The average molecular weight is 316 g/mol. The fourth-order valence-corrected chi connectivity index (χ4v) is 2.87. The number of halogens is 4. The first kappa shape index (κ1) is 17.0. The van der Waals surface area contributed by atoms with Crippen LogP contribution in [0.2, 0.25) is 0 Å².